The van der Waals surface area contributed by atoms with Gasteiger partial charge in [0.1, 0.15) is 0 Å². The molecule has 0 heterocycles. The fourth-order valence-electron chi connectivity index (χ4n) is 3.47. The van der Waals surface area contributed by atoms with Gasteiger partial charge in [0.05, 0.1) is 0 Å². The number of fused-ring (bicyclic) bond motifs is 3. The van der Waals surface area contributed by atoms with Crippen LogP contribution in [-0.2, 0) is 5.41 Å². The molecule has 0 N–H and O–H groups in total. The van der Waals surface area contributed by atoms with Crippen LogP contribution in [0, 0.1) is 7.14 Å². The van der Waals surface area contributed by atoms with Gasteiger partial charge in [0.15, 0.2) is 0 Å². The summed E-state index contributed by atoms with van der Waals surface area (Å²) in [6, 6.07) is 13.6. The molecule has 106 valence electrons. The van der Waals surface area contributed by atoms with Crippen LogP contribution in [0.15, 0.2) is 61.7 Å². The molecule has 0 amide bonds. The SMILES string of the molecule is C=CCC1(CC=C)c2ccc(I)cc2-c2cc(I)ccc21. The molecule has 3 rings (SSSR count). The smallest absolute Gasteiger partial charge is 0.0283 e. The Balaban J connectivity index is 2.37. The van der Waals surface area contributed by atoms with Crippen LogP contribution in [-0.4, -0.2) is 0 Å². The van der Waals surface area contributed by atoms with Crippen LogP contribution < -0.4 is 0 Å². The summed E-state index contributed by atoms with van der Waals surface area (Å²) >= 11 is 4.79. The molecular weight excluding hydrogens is 482 g/mol. The lowest BCUT2D eigenvalue weighted by Gasteiger charge is -2.30. The number of allylic oxidation sites excluding steroid dienone is 2. The number of hydrogen-bond acceptors (Lipinski definition) is 0. The van der Waals surface area contributed by atoms with Gasteiger partial charge in [-0.15, -0.1) is 13.2 Å². The van der Waals surface area contributed by atoms with Crippen LogP contribution in [0.4, 0.5) is 0 Å². The number of halogens is 2. The predicted molar refractivity (Wildman–Crippen MR) is 108 cm³/mol. The lowest BCUT2D eigenvalue weighted by molar-refractivity contribution is 0.543. The van der Waals surface area contributed by atoms with Crippen molar-refractivity contribution >= 4 is 45.2 Å². The first-order valence-electron chi connectivity index (χ1n) is 6.94. The van der Waals surface area contributed by atoms with Crippen molar-refractivity contribution in [3.8, 4) is 11.1 Å². The molecule has 1 aliphatic carbocycles. The molecule has 0 bridgehead atoms. The molecule has 0 nitrogen and oxygen atoms in total. The second-order valence-corrected chi connectivity index (χ2v) is 7.94. The summed E-state index contributed by atoms with van der Waals surface area (Å²) < 4.78 is 2.56. The summed E-state index contributed by atoms with van der Waals surface area (Å²) in [5.41, 5.74) is 5.58. The van der Waals surface area contributed by atoms with E-state index in [9.17, 15) is 0 Å². The van der Waals surface area contributed by atoms with Crippen LogP contribution >= 0.6 is 45.2 Å². The van der Waals surface area contributed by atoms with Crippen molar-refractivity contribution in [1.29, 1.82) is 0 Å². The minimum atomic E-state index is 0.00282. The Morgan fingerprint density at radius 1 is 0.810 bits per heavy atom. The van der Waals surface area contributed by atoms with E-state index >= 15 is 0 Å². The molecule has 1 aliphatic rings. The third-order valence-electron chi connectivity index (χ3n) is 4.27. The zero-order chi connectivity index (χ0) is 15.0. The molecule has 2 aromatic carbocycles. The first kappa shape index (κ1) is 15.3. The topological polar surface area (TPSA) is 0 Å². The van der Waals surface area contributed by atoms with Gasteiger partial charge in [-0.1, -0.05) is 24.3 Å². The van der Waals surface area contributed by atoms with Crippen LogP contribution in [0.3, 0.4) is 0 Å². The minimum Gasteiger partial charge on any atom is -0.103 e. The van der Waals surface area contributed by atoms with Gasteiger partial charge in [0.25, 0.3) is 0 Å². The predicted octanol–water partition coefficient (Wildman–Crippen LogP) is 6.31. The van der Waals surface area contributed by atoms with Crippen molar-refractivity contribution in [3.63, 3.8) is 0 Å². The lowest BCUT2D eigenvalue weighted by atomic mass is 9.73. The van der Waals surface area contributed by atoms with Crippen LogP contribution in [0.1, 0.15) is 24.0 Å². The van der Waals surface area contributed by atoms with Gasteiger partial charge < -0.3 is 0 Å². The minimum absolute atomic E-state index is 0.00282. The van der Waals surface area contributed by atoms with Crippen molar-refractivity contribution in [2.24, 2.45) is 0 Å². The van der Waals surface area contributed by atoms with Gasteiger partial charge in [0.2, 0.25) is 0 Å². The van der Waals surface area contributed by atoms with Crippen molar-refractivity contribution in [2.45, 2.75) is 18.3 Å². The van der Waals surface area contributed by atoms with Gasteiger partial charge in [-0.3, -0.25) is 0 Å². The summed E-state index contributed by atoms with van der Waals surface area (Å²) in [6.07, 6.45) is 5.97. The summed E-state index contributed by atoms with van der Waals surface area (Å²) in [5, 5.41) is 0. The molecule has 0 aliphatic heterocycles. The standard InChI is InChI=1S/C19H16I2/c1-3-9-19(10-4-2)17-7-5-13(20)11-15(17)16-12-14(21)6-8-18(16)19/h3-8,11-12H,1-2,9-10H2. The Morgan fingerprint density at radius 2 is 1.24 bits per heavy atom. The van der Waals surface area contributed by atoms with Gasteiger partial charge in [-0.25, -0.2) is 0 Å². The number of benzene rings is 2. The Bertz CT molecular complexity index is 665. The number of hydrogen-bond donors (Lipinski definition) is 0. The van der Waals surface area contributed by atoms with Crippen LogP contribution in [0.5, 0.6) is 0 Å². The van der Waals surface area contributed by atoms with Gasteiger partial charge in [-0.2, -0.15) is 0 Å². The second kappa shape index (κ2) is 5.88. The molecule has 21 heavy (non-hydrogen) atoms. The highest BCUT2D eigenvalue weighted by Gasteiger charge is 2.41. The molecule has 0 saturated heterocycles. The normalized spacial score (nSPS) is 14.4. The first-order valence-corrected chi connectivity index (χ1v) is 9.10. The maximum atomic E-state index is 4.00. The summed E-state index contributed by atoms with van der Waals surface area (Å²) in [5.74, 6) is 0. The molecular formula is C19H16I2. The van der Waals surface area contributed by atoms with E-state index in [1.165, 1.54) is 29.4 Å². The molecule has 0 aromatic heterocycles. The van der Waals surface area contributed by atoms with E-state index in [0.717, 1.165) is 12.8 Å². The van der Waals surface area contributed by atoms with Crippen molar-refractivity contribution in [2.75, 3.05) is 0 Å². The van der Waals surface area contributed by atoms with Gasteiger partial charge in [0, 0.05) is 12.6 Å². The highest BCUT2D eigenvalue weighted by Crippen LogP contribution is 2.53. The average Bonchev–Trinajstić information content (AvgIpc) is 2.70. The first-order chi connectivity index (χ1) is 10.1. The van der Waals surface area contributed by atoms with E-state index < -0.39 is 0 Å². The zero-order valence-corrected chi connectivity index (χ0v) is 16.0. The van der Waals surface area contributed by atoms with Crippen molar-refractivity contribution < 1.29 is 0 Å². The third-order valence-corrected chi connectivity index (χ3v) is 5.61. The highest BCUT2D eigenvalue weighted by molar-refractivity contribution is 14.1. The molecule has 0 fully saturated rings. The third kappa shape index (κ3) is 2.40. The lowest BCUT2D eigenvalue weighted by Crippen LogP contribution is -2.23. The molecule has 0 atom stereocenters. The summed E-state index contributed by atoms with van der Waals surface area (Å²) in [7, 11) is 0. The van der Waals surface area contributed by atoms with Crippen molar-refractivity contribution in [1.82, 2.24) is 0 Å². The zero-order valence-electron chi connectivity index (χ0n) is 11.7. The summed E-state index contributed by atoms with van der Waals surface area (Å²) in [6.45, 7) is 7.99. The molecule has 0 spiro atoms. The van der Waals surface area contributed by atoms with Gasteiger partial charge in [-0.05, 0) is 105 Å². The van der Waals surface area contributed by atoms with Gasteiger partial charge >= 0.3 is 0 Å². The van der Waals surface area contributed by atoms with Crippen LogP contribution in [0.25, 0.3) is 11.1 Å². The Labute approximate surface area is 153 Å². The Morgan fingerprint density at radius 3 is 1.62 bits per heavy atom. The second-order valence-electron chi connectivity index (χ2n) is 5.45. The van der Waals surface area contributed by atoms with E-state index in [0.29, 0.717) is 0 Å². The van der Waals surface area contributed by atoms with Crippen LogP contribution in [0.2, 0.25) is 0 Å². The maximum absolute atomic E-state index is 4.00. The molecule has 0 radical (unpaired) electrons. The highest BCUT2D eigenvalue weighted by atomic mass is 127. The Kier molecular flexibility index (Phi) is 4.28. The summed E-state index contributed by atoms with van der Waals surface area (Å²) in [4.78, 5) is 0. The molecule has 0 saturated carbocycles. The fourth-order valence-corrected chi connectivity index (χ4v) is 4.46. The van der Waals surface area contributed by atoms with E-state index in [2.05, 4.69) is 94.7 Å². The average molecular weight is 498 g/mol. The molecule has 2 aromatic rings. The van der Waals surface area contributed by atoms with E-state index in [4.69, 9.17) is 0 Å². The van der Waals surface area contributed by atoms with E-state index in [1.54, 1.807) is 0 Å². The molecule has 0 unspecified atom stereocenters. The van der Waals surface area contributed by atoms with E-state index in [-0.39, 0.29) is 5.41 Å². The quantitative estimate of drug-likeness (QED) is 0.343. The fraction of sp³-hybridized carbons (Fsp3) is 0.158. The van der Waals surface area contributed by atoms with Crippen molar-refractivity contribution in [3.05, 3.63) is 80.0 Å². The maximum Gasteiger partial charge on any atom is 0.0283 e. The van der Waals surface area contributed by atoms with E-state index in [1.807, 2.05) is 12.2 Å². The Hall–Kier alpha value is -0.620. The monoisotopic (exact) mass is 498 g/mol. The largest absolute Gasteiger partial charge is 0.103 e. The molecule has 2 heteroatoms. The number of rotatable bonds is 4.